The molecule has 178 valence electrons. The molecule has 5 rings (SSSR count). The van der Waals surface area contributed by atoms with Crippen molar-refractivity contribution in [1.29, 1.82) is 5.26 Å². The minimum absolute atomic E-state index is 0.0242. The van der Waals surface area contributed by atoms with Crippen LogP contribution in [0.4, 0.5) is 0 Å². The Morgan fingerprint density at radius 3 is 2.83 bits per heavy atom. The highest BCUT2D eigenvalue weighted by Crippen LogP contribution is 2.30. The van der Waals surface area contributed by atoms with Gasteiger partial charge in [-0.05, 0) is 42.7 Å². The van der Waals surface area contributed by atoms with E-state index in [4.69, 9.17) is 11.6 Å². The quantitative estimate of drug-likeness (QED) is 0.436. The first kappa shape index (κ1) is 23.2. The Hall–Kier alpha value is -3.59. The molecule has 2 aromatic carbocycles. The monoisotopic (exact) mass is 509 g/mol. The molecule has 10 nitrogen and oxygen atoms in total. The maximum Gasteiger partial charge on any atom is 0.281 e. The van der Waals surface area contributed by atoms with E-state index < -0.39 is 15.6 Å². The molecule has 35 heavy (non-hydrogen) atoms. The molecular weight excluding hydrogens is 490 g/mol. The summed E-state index contributed by atoms with van der Waals surface area (Å²) in [5.74, 6) is 0.0463. The van der Waals surface area contributed by atoms with Crippen LogP contribution in [0.25, 0.3) is 11.2 Å². The van der Waals surface area contributed by atoms with Crippen LogP contribution in [-0.2, 0) is 16.6 Å². The summed E-state index contributed by atoms with van der Waals surface area (Å²) in [6.07, 6.45) is 1.23. The Morgan fingerprint density at radius 2 is 2.03 bits per heavy atom. The van der Waals surface area contributed by atoms with Gasteiger partial charge in [0.15, 0.2) is 11.2 Å². The number of nitriles is 1. The molecule has 1 N–H and O–H groups in total. The van der Waals surface area contributed by atoms with Gasteiger partial charge in [-0.15, -0.1) is 5.10 Å². The highest BCUT2D eigenvalue weighted by atomic mass is 35.5. The summed E-state index contributed by atoms with van der Waals surface area (Å²) in [7, 11) is -3.89. The van der Waals surface area contributed by atoms with Crippen molar-refractivity contribution in [2.75, 3.05) is 13.1 Å². The summed E-state index contributed by atoms with van der Waals surface area (Å²) >= 11 is 6.08. The Morgan fingerprint density at radius 1 is 1.20 bits per heavy atom. The van der Waals surface area contributed by atoms with Gasteiger partial charge in [0.2, 0.25) is 10.0 Å². The van der Waals surface area contributed by atoms with Crippen molar-refractivity contribution in [2.45, 2.75) is 30.2 Å². The smallest absolute Gasteiger partial charge is 0.281 e. The zero-order chi connectivity index (χ0) is 24.6. The van der Waals surface area contributed by atoms with Crippen LogP contribution in [0.3, 0.4) is 0 Å². The molecule has 0 radical (unpaired) electrons. The first-order chi connectivity index (χ1) is 16.9. The first-order valence-corrected chi connectivity index (χ1v) is 12.8. The summed E-state index contributed by atoms with van der Waals surface area (Å²) in [4.78, 5) is 20.1. The molecule has 4 aromatic rings. The lowest BCUT2D eigenvalue weighted by Crippen LogP contribution is -2.40. The summed E-state index contributed by atoms with van der Waals surface area (Å²) in [6, 6.07) is 15.4. The second-order valence-corrected chi connectivity index (χ2v) is 10.7. The van der Waals surface area contributed by atoms with Crippen molar-refractivity contribution in [1.82, 2.24) is 29.3 Å². The molecule has 1 aliphatic rings. The molecule has 1 atom stereocenters. The van der Waals surface area contributed by atoms with Crippen LogP contribution >= 0.6 is 11.6 Å². The number of hydrogen-bond acceptors (Lipinski definition) is 7. The fraction of sp³-hybridized carbons (Fsp3) is 0.261. The summed E-state index contributed by atoms with van der Waals surface area (Å²) in [6.45, 7) is 0.773. The van der Waals surface area contributed by atoms with Crippen LogP contribution in [-0.4, -0.2) is 50.8 Å². The third-order valence-corrected chi connectivity index (χ3v) is 8.17. The van der Waals surface area contributed by atoms with Gasteiger partial charge in [-0.25, -0.2) is 18.1 Å². The van der Waals surface area contributed by atoms with Crippen molar-refractivity contribution in [2.24, 2.45) is 0 Å². The van der Waals surface area contributed by atoms with Crippen molar-refractivity contribution in [3.05, 3.63) is 80.9 Å². The molecule has 0 spiro atoms. The predicted octanol–water partition coefficient (Wildman–Crippen LogP) is 2.66. The molecule has 0 aliphatic carbocycles. The SMILES string of the molecule is N#Cc1ccccc1S(=O)(=O)N1CCC[C@H](c2nc3c(nnn3Cc3cccc(Cl)c3)c(=O)[nH]2)C1. The molecule has 1 fully saturated rings. The van der Waals surface area contributed by atoms with E-state index in [2.05, 4.69) is 20.3 Å². The van der Waals surface area contributed by atoms with Crippen molar-refractivity contribution in [3.8, 4) is 6.07 Å². The van der Waals surface area contributed by atoms with E-state index in [1.807, 2.05) is 18.2 Å². The molecular formula is C23H20ClN7O3S. The zero-order valence-corrected chi connectivity index (χ0v) is 20.0. The zero-order valence-electron chi connectivity index (χ0n) is 18.4. The number of sulfonamides is 1. The van der Waals surface area contributed by atoms with E-state index >= 15 is 0 Å². The summed E-state index contributed by atoms with van der Waals surface area (Å²) < 4.78 is 29.5. The van der Waals surface area contributed by atoms with Crippen LogP contribution in [0.15, 0.2) is 58.2 Å². The Kier molecular flexibility index (Phi) is 6.10. The van der Waals surface area contributed by atoms with Crippen LogP contribution in [0, 0.1) is 11.3 Å². The van der Waals surface area contributed by atoms with Gasteiger partial charge in [0, 0.05) is 24.0 Å². The van der Waals surface area contributed by atoms with Gasteiger partial charge in [0.05, 0.1) is 17.0 Å². The maximum atomic E-state index is 13.3. The Balaban J connectivity index is 1.47. The minimum atomic E-state index is -3.89. The average Bonchev–Trinajstić information content (AvgIpc) is 3.27. The van der Waals surface area contributed by atoms with Crippen molar-refractivity contribution < 1.29 is 8.42 Å². The third-order valence-electron chi connectivity index (χ3n) is 6.01. The third kappa shape index (κ3) is 4.43. The molecule has 0 amide bonds. The van der Waals surface area contributed by atoms with Gasteiger partial charge >= 0.3 is 0 Å². The number of nitrogens with one attached hydrogen (secondary N) is 1. The topological polar surface area (TPSA) is 138 Å². The summed E-state index contributed by atoms with van der Waals surface area (Å²) in [5.41, 5.74) is 0.965. The number of nitrogens with zero attached hydrogens (tertiary/aromatic N) is 6. The van der Waals surface area contributed by atoms with Crippen LogP contribution < -0.4 is 5.56 Å². The van der Waals surface area contributed by atoms with Crippen molar-refractivity contribution >= 4 is 32.8 Å². The molecule has 0 unspecified atom stereocenters. The van der Waals surface area contributed by atoms with Crippen LogP contribution in [0.1, 0.15) is 35.7 Å². The molecule has 0 saturated carbocycles. The molecule has 2 aromatic heterocycles. The van der Waals surface area contributed by atoms with E-state index in [1.165, 1.54) is 21.1 Å². The standard InChI is InChI=1S/C23H20ClN7O3S/c24-18-8-3-5-15(11-18)13-31-22-20(28-29-31)23(32)27-21(26-22)17-7-4-10-30(14-17)35(33,34)19-9-2-1-6-16(19)12-25/h1-3,5-6,8-9,11,17H,4,7,10,13-14H2,(H,26,27,32)/t17-/m0/s1. The number of benzene rings is 2. The van der Waals surface area contributed by atoms with Gasteiger partial charge < -0.3 is 4.98 Å². The normalized spacial score (nSPS) is 16.9. The lowest BCUT2D eigenvalue weighted by atomic mass is 9.99. The molecule has 1 aliphatic heterocycles. The van der Waals surface area contributed by atoms with Gasteiger partial charge in [-0.1, -0.05) is 41.1 Å². The number of halogens is 1. The van der Waals surface area contributed by atoms with Gasteiger partial charge in [-0.3, -0.25) is 4.79 Å². The van der Waals surface area contributed by atoms with E-state index in [9.17, 15) is 18.5 Å². The number of rotatable bonds is 5. The number of aromatic nitrogens is 5. The lowest BCUT2D eigenvalue weighted by Gasteiger charge is -2.31. The van der Waals surface area contributed by atoms with E-state index in [0.29, 0.717) is 42.4 Å². The maximum absolute atomic E-state index is 13.3. The predicted molar refractivity (Wildman–Crippen MR) is 128 cm³/mol. The minimum Gasteiger partial charge on any atom is -0.308 e. The lowest BCUT2D eigenvalue weighted by molar-refractivity contribution is 0.309. The molecule has 1 saturated heterocycles. The highest BCUT2D eigenvalue weighted by Gasteiger charge is 2.33. The second-order valence-electron chi connectivity index (χ2n) is 8.31. The average molecular weight is 510 g/mol. The van der Waals surface area contributed by atoms with E-state index in [0.717, 1.165) is 5.56 Å². The number of piperidine rings is 1. The van der Waals surface area contributed by atoms with Gasteiger partial charge in [0.25, 0.3) is 5.56 Å². The van der Waals surface area contributed by atoms with Gasteiger partial charge in [-0.2, -0.15) is 9.57 Å². The van der Waals surface area contributed by atoms with Crippen LogP contribution in [0.2, 0.25) is 5.02 Å². The Labute approximate surface area is 205 Å². The highest BCUT2D eigenvalue weighted by molar-refractivity contribution is 7.89. The molecule has 0 bridgehead atoms. The second kappa shape index (κ2) is 9.22. The number of hydrogen-bond donors (Lipinski definition) is 1. The van der Waals surface area contributed by atoms with E-state index in [-0.39, 0.29) is 28.4 Å². The van der Waals surface area contributed by atoms with E-state index in [1.54, 1.807) is 24.3 Å². The molecule has 12 heteroatoms. The summed E-state index contributed by atoms with van der Waals surface area (Å²) in [5, 5.41) is 18.0. The van der Waals surface area contributed by atoms with Gasteiger partial charge in [0.1, 0.15) is 11.9 Å². The number of H-pyrrole nitrogens is 1. The number of fused-ring (bicyclic) bond motifs is 1. The Bertz CT molecular complexity index is 1620. The van der Waals surface area contributed by atoms with Crippen molar-refractivity contribution in [3.63, 3.8) is 0 Å². The fourth-order valence-corrected chi connectivity index (χ4v) is 6.18. The molecule has 3 heterocycles. The van der Waals surface area contributed by atoms with Crippen LogP contribution in [0.5, 0.6) is 0 Å². The largest absolute Gasteiger partial charge is 0.308 e. The number of aromatic amines is 1. The first-order valence-electron chi connectivity index (χ1n) is 10.9. The fourth-order valence-electron chi connectivity index (χ4n) is 4.30.